The molecular weight excluding hydrogens is 442 g/mol. The normalized spacial score (nSPS) is 18.7. The van der Waals surface area contributed by atoms with E-state index in [4.69, 9.17) is 0 Å². The van der Waals surface area contributed by atoms with Crippen LogP contribution < -0.4 is 5.32 Å². The molecule has 0 aliphatic carbocycles. The predicted octanol–water partition coefficient (Wildman–Crippen LogP) is 4.63. The molecule has 1 fully saturated rings. The summed E-state index contributed by atoms with van der Waals surface area (Å²) in [5.41, 5.74) is -0.667. The van der Waals surface area contributed by atoms with Gasteiger partial charge in [0.25, 0.3) is 5.91 Å². The number of Topliss-reactive ketones (excluding diaryl/α,β-unsaturated/α-hetero) is 1. The summed E-state index contributed by atoms with van der Waals surface area (Å²) in [6, 6.07) is 5.75. The molecule has 1 aliphatic heterocycles. The van der Waals surface area contributed by atoms with Crippen molar-refractivity contribution < 1.29 is 31.9 Å². The zero-order valence-corrected chi connectivity index (χ0v) is 18.6. The Morgan fingerprint density at radius 2 is 1.76 bits per heavy atom. The summed E-state index contributed by atoms with van der Waals surface area (Å²) in [6.45, 7) is 2.90. The third-order valence-electron chi connectivity index (χ3n) is 5.93. The second kappa shape index (κ2) is 8.99. The minimum Gasteiger partial charge on any atom is -0.339 e. The van der Waals surface area contributed by atoms with Gasteiger partial charge in [-0.25, -0.2) is 9.18 Å². The number of benzene rings is 1. The number of urea groups is 1. The van der Waals surface area contributed by atoms with Crippen molar-refractivity contribution in [1.29, 1.82) is 0 Å². The van der Waals surface area contributed by atoms with Crippen molar-refractivity contribution in [2.24, 2.45) is 0 Å². The molecule has 0 bridgehead atoms. The fraction of sp³-hybridized carbons (Fsp3) is 0.435. The van der Waals surface area contributed by atoms with E-state index in [0.29, 0.717) is 12.0 Å². The van der Waals surface area contributed by atoms with E-state index in [0.717, 1.165) is 15.9 Å². The van der Waals surface area contributed by atoms with E-state index in [1.54, 1.807) is 0 Å². The molecule has 1 N–H and O–H groups in total. The highest BCUT2D eigenvalue weighted by Gasteiger charge is 2.52. The quantitative estimate of drug-likeness (QED) is 0.350. The first-order valence-electron chi connectivity index (χ1n) is 10.6. The number of unbranched alkanes of at least 4 members (excludes halogenated alkanes) is 1. The van der Waals surface area contributed by atoms with E-state index in [9.17, 15) is 31.9 Å². The summed E-state index contributed by atoms with van der Waals surface area (Å²) in [5, 5.41) is 2.67. The Balaban J connectivity index is 1.89. The van der Waals surface area contributed by atoms with E-state index in [1.165, 1.54) is 44.2 Å². The van der Waals surface area contributed by atoms with Crippen LogP contribution in [0.15, 0.2) is 30.3 Å². The lowest BCUT2D eigenvalue weighted by Gasteiger charge is -2.27. The Morgan fingerprint density at radius 1 is 1.12 bits per heavy atom. The van der Waals surface area contributed by atoms with Crippen molar-refractivity contribution in [3.63, 3.8) is 0 Å². The highest BCUT2D eigenvalue weighted by atomic mass is 19.4. The third-order valence-corrected chi connectivity index (χ3v) is 5.93. The molecule has 3 rings (SSSR count). The molecule has 0 unspecified atom stereocenters. The molecule has 0 saturated carbocycles. The SMILES string of the molecule is CCCC[C@@]1(c2ccc(F)cc2)NC(=O)N(CC(=O)c2cc(C)n(CC(F)(F)F)c2C)C1=O. The van der Waals surface area contributed by atoms with Crippen LogP contribution in [0.1, 0.15) is 53.5 Å². The van der Waals surface area contributed by atoms with Crippen LogP contribution in [0.5, 0.6) is 0 Å². The number of imide groups is 1. The van der Waals surface area contributed by atoms with Crippen LogP contribution in [0.4, 0.5) is 22.4 Å². The molecular formula is C23H25F4N3O3. The standard InChI is InChI=1S/C23H25F4N3O3/c1-4-5-10-22(16-6-8-17(24)9-7-16)20(32)29(21(33)28-22)12-19(31)18-11-14(2)30(15(18)3)13-23(25,26)27/h6-9,11H,4-5,10,12-13H2,1-3H3,(H,28,33)/t22-/m0/s1. The van der Waals surface area contributed by atoms with E-state index in [2.05, 4.69) is 5.32 Å². The van der Waals surface area contributed by atoms with Gasteiger partial charge in [0.2, 0.25) is 0 Å². The molecule has 178 valence electrons. The smallest absolute Gasteiger partial charge is 0.339 e. The minimum absolute atomic E-state index is 0.0187. The highest BCUT2D eigenvalue weighted by molar-refractivity contribution is 6.11. The number of hydrogen-bond acceptors (Lipinski definition) is 3. The first-order chi connectivity index (χ1) is 15.4. The fourth-order valence-corrected chi connectivity index (χ4v) is 4.19. The number of aromatic nitrogens is 1. The number of carbonyl (C=O) groups excluding carboxylic acids is 3. The average molecular weight is 467 g/mol. The fourth-order valence-electron chi connectivity index (χ4n) is 4.19. The second-order valence-corrected chi connectivity index (χ2v) is 8.25. The van der Waals surface area contributed by atoms with Crippen LogP contribution in [0.3, 0.4) is 0 Å². The summed E-state index contributed by atoms with van der Waals surface area (Å²) in [7, 11) is 0. The van der Waals surface area contributed by atoms with Gasteiger partial charge in [-0.3, -0.25) is 14.5 Å². The molecule has 1 aromatic carbocycles. The summed E-state index contributed by atoms with van der Waals surface area (Å²) < 4.78 is 53.1. The van der Waals surface area contributed by atoms with E-state index >= 15 is 0 Å². The van der Waals surface area contributed by atoms with Gasteiger partial charge < -0.3 is 9.88 Å². The third kappa shape index (κ3) is 4.79. The van der Waals surface area contributed by atoms with E-state index in [-0.39, 0.29) is 23.4 Å². The maximum absolute atomic E-state index is 13.4. The molecule has 1 aromatic heterocycles. The number of amides is 3. The monoisotopic (exact) mass is 467 g/mol. The van der Waals surface area contributed by atoms with E-state index < -0.39 is 48.3 Å². The molecule has 2 heterocycles. The molecule has 1 saturated heterocycles. The van der Waals surface area contributed by atoms with Gasteiger partial charge in [0.1, 0.15) is 17.9 Å². The summed E-state index contributed by atoms with van der Waals surface area (Å²) >= 11 is 0. The Morgan fingerprint density at radius 3 is 2.33 bits per heavy atom. The number of ketones is 1. The molecule has 1 atom stereocenters. The van der Waals surface area contributed by atoms with E-state index in [1.807, 2.05) is 6.92 Å². The van der Waals surface area contributed by atoms with Crippen molar-refractivity contribution in [2.75, 3.05) is 6.54 Å². The van der Waals surface area contributed by atoms with Crippen LogP contribution in [0.2, 0.25) is 0 Å². The Kier molecular flexibility index (Phi) is 6.67. The van der Waals surface area contributed by atoms with Crippen LogP contribution in [-0.2, 0) is 16.9 Å². The first kappa shape index (κ1) is 24.5. The molecule has 0 radical (unpaired) electrons. The Hall–Kier alpha value is -3.17. The van der Waals surface area contributed by atoms with Crippen molar-refractivity contribution in [3.05, 3.63) is 58.7 Å². The van der Waals surface area contributed by atoms with Crippen LogP contribution in [-0.4, -0.2) is 39.9 Å². The zero-order chi connectivity index (χ0) is 24.6. The van der Waals surface area contributed by atoms with Gasteiger partial charge in [-0.15, -0.1) is 0 Å². The van der Waals surface area contributed by atoms with Crippen molar-refractivity contribution in [1.82, 2.24) is 14.8 Å². The topological polar surface area (TPSA) is 71.4 Å². The van der Waals surface area contributed by atoms with Crippen molar-refractivity contribution >= 4 is 17.7 Å². The predicted molar refractivity (Wildman–Crippen MR) is 112 cm³/mol. The van der Waals surface area contributed by atoms with Gasteiger partial charge in [-0.2, -0.15) is 13.2 Å². The molecule has 0 spiro atoms. The van der Waals surface area contributed by atoms with Gasteiger partial charge in [-0.1, -0.05) is 31.9 Å². The lowest BCUT2D eigenvalue weighted by atomic mass is 9.84. The molecule has 3 amide bonds. The van der Waals surface area contributed by atoms with Crippen LogP contribution >= 0.6 is 0 Å². The zero-order valence-electron chi connectivity index (χ0n) is 18.6. The van der Waals surface area contributed by atoms with Gasteiger partial charge in [0.05, 0.1) is 6.54 Å². The highest BCUT2D eigenvalue weighted by Crippen LogP contribution is 2.34. The number of hydrogen-bond donors (Lipinski definition) is 1. The molecule has 33 heavy (non-hydrogen) atoms. The van der Waals surface area contributed by atoms with Gasteiger partial charge >= 0.3 is 12.2 Å². The number of halogens is 4. The number of aryl methyl sites for hydroxylation is 1. The molecule has 10 heteroatoms. The van der Waals surface area contributed by atoms with Gasteiger partial charge in [-0.05, 0) is 44.0 Å². The van der Waals surface area contributed by atoms with Crippen molar-refractivity contribution in [3.8, 4) is 0 Å². The van der Waals surface area contributed by atoms with Gasteiger partial charge in [0.15, 0.2) is 5.78 Å². The average Bonchev–Trinajstić information content (AvgIpc) is 3.14. The first-order valence-corrected chi connectivity index (χ1v) is 10.6. The number of rotatable bonds is 8. The van der Waals surface area contributed by atoms with Gasteiger partial charge in [0, 0.05) is 17.0 Å². The molecule has 1 aliphatic rings. The van der Waals surface area contributed by atoms with Crippen molar-refractivity contribution in [2.45, 2.75) is 58.3 Å². The largest absolute Gasteiger partial charge is 0.406 e. The Bertz CT molecular complexity index is 1080. The number of nitrogens with one attached hydrogen (secondary N) is 1. The van der Waals surface area contributed by atoms with Crippen LogP contribution in [0, 0.1) is 19.7 Å². The number of carbonyl (C=O) groups is 3. The number of nitrogens with zero attached hydrogens (tertiary/aromatic N) is 2. The second-order valence-electron chi connectivity index (χ2n) is 8.25. The lowest BCUT2D eigenvalue weighted by molar-refractivity contribution is -0.141. The number of alkyl halides is 3. The maximum atomic E-state index is 13.4. The van der Waals surface area contributed by atoms with Crippen LogP contribution in [0.25, 0.3) is 0 Å². The lowest BCUT2D eigenvalue weighted by Crippen LogP contribution is -2.44. The Labute approximate surface area is 188 Å². The molecule has 6 nitrogen and oxygen atoms in total. The summed E-state index contributed by atoms with van der Waals surface area (Å²) in [4.78, 5) is 39.8. The summed E-state index contributed by atoms with van der Waals surface area (Å²) in [5.74, 6) is -1.79. The minimum atomic E-state index is -4.46. The maximum Gasteiger partial charge on any atom is 0.406 e. The molecule has 2 aromatic rings. The summed E-state index contributed by atoms with van der Waals surface area (Å²) in [6.07, 6.45) is -2.89.